The fraction of sp³-hybridized carbons (Fsp3) is 0.286. The molecular weight excluding hydrogens is 116 g/mol. The van der Waals surface area contributed by atoms with Crippen molar-refractivity contribution in [1.82, 2.24) is 0 Å². The number of hydrogen-bond acceptors (Lipinski definition) is 2. The standard InChI is InChI=1S/C7H8O2/c1-3-7(9)4-6(2)5-8/h3H,1,4H2,2H3. The van der Waals surface area contributed by atoms with E-state index >= 15 is 0 Å². The third kappa shape index (κ3) is 3.44. The molecule has 9 heavy (non-hydrogen) atoms. The lowest BCUT2D eigenvalue weighted by Gasteiger charge is -1.86. The lowest BCUT2D eigenvalue weighted by Crippen LogP contribution is -1.91. The van der Waals surface area contributed by atoms with E-state index in [0.29, 0.717) is 5.57 Å². The Bertz CT molecular complexity index is 173. The van der Waals surface area contributed by atoms with Crippen LogP contribution in [0, 0.1) is 0 Å². The first-order valence-corrected chi connectivity index (χ1v) is 2.56. The Morgan fingerprint density at radius 1 is 1.78 bits per heavy atom. The molecule has 2 heteroatoms. The van der Waals surface area contributed by atoms with Crippen LogP contribution >= 0.6 is 0 Å². The first kappa shape index (κ1) is 7.86. The minimum absolute atomic E-state index is 0.143. The number of carbonyl (C=O) groups is 1. The average Bonchev–Trinajstić information content (AvgIpc) is 1.87. The fourth-order valence-corrected chi connectivity index (χ4v) is 0.370. The summed E-state index contributed by atoms with van der Waals surface area (Å²) in [5.74, 6) is 1.49. The van der Waals surface area contributed by atoms with E-state index in [1.165, 1.54) is 6.08 Å². The normalized spacial score (nSPS) is 7.67. The second kappa shape index (κ2) is 3.81. The maximum atomic E-state index is 10.5. The van der Waals surface area contributed by atoms with Gasteiger partial charge >= 0.3 is 0 Å². The molecule has 0 spiro atoms. The summed E-state index contributed by atoms with van der Waals surface area (Å²) in [6.07, 6.45) is 1.34. The number of rotatable bonds is 3. The van der Waals surface area contributed by atoms with Gasteiger partial charge in [0, 0.05) is 12.0 Å². The number of allylic oxidation sites excluding steroid dienone is 2. The highest BCUT2D eigenvalue weighted by Crippen LogP contribution is 1.94. The summed E-state index contributed by atoms with van der Waals surface area (Å²) < 4.78 is 0. The smallest absolute Gasteiger partial charge is 0.159 e. The van der Waals surface area contributed by atoms with Crippen molar-refractivity contribution in [2.45, 2.75) is 13.3 Å². The van der Waals surface area contributed by atoms with Crippen molar-refractivity contribution in [2.24, 2.45) is 0 Å². The summed E-state index contributed by atoms with van der Waals surface area (Å²) in [6, 6.07) is 0. The maximum Gasteiger partial charge on any atom is 0.159 e. The van der Waals surface area contributed by atoms with Crippen molar-refractivity contribution in [3.05, 3.63) is 18.2 Å². The molecule has 2 nitrogen and oxygen atoms in total. The minimum Gasteiger partial charge on any atom is -0.294 e. The van der Waals surface area contributed by atoms with Crippen molar-refractivity contribution < 1.29 is 9.59 Å². The maximum absolute atomic E-state index is 10.5. The van der Waals surface area contributed by atoms with Gasteiger partial charge in [-0.1, -0.05) is 6.58 Å². The zero-order valence-electron chi connectivity index (χ0n) is 5.31. The molecular formula is C7H8O2. The van der Waals surface area contributed by atoms with Crippen LogP contribution in [0.4, 0.5) is 0 Å². The Kier molecular flexibility index (Phi) is 3.33. The van der Waals surface area contributed by atoms with Crippen molar-refractivity contribution in [2.75, 3.05) is 0 Å². The van der Waals surface area contributed by atoms with Gasteiger partial charge in [-0.2, -0.15) is 0 Å². The molecule has 0 saturated heterocycles. The molecule has 0 rings (SSSR count). The first-order valence-electron chi connectivity index (χ1n) is 2.56. The molecule has 0 bridgehead atoms. The van der Waals surface area contributed by atoms with E-state index in [2.05, 4.69) is 6.58 Å². The summed E-state index contributed by atoms with van der Waals surface area (Å²) in [7, 11) is 0. The molecule has 48 valence electrons. The van der Waals surface area contributed by atoms with Gasteiger partial charge in [0.2, 0.25) is 0 Å². The molecule has 0 aliphatic carbocycles. The Hall–Kier alpha value is -1.14. The summed E-state index contributed by atoms with van der Waals surface area (Å²) in [5, 5.41) is 0. The van der Waals surface area contributed by atoms with Crippen LogP contribution in [0.5, 0.6) is 0 Å². The SMILES string of the molecule is C=CC(=O)CC(C)=C=O. The van der Waals surface area contributed by atoms with Crippen LogP contribution in [0.3, 0.4) is 0 Å². The van der Waals surface area contributed by atoms with Crippen molar-refractivity contribution >= 4 is 11.7 Å². The summed E-state index contributed by atoms with van der Waals surface area (Å²) >= 11 is 0. The largest absolute Gasteiger partial charge is 0.294 e. The lowest BCUT2D eigenvalue weighted by molar-refractivity contribution is -0.113. The van der Waals surface area contributed by atoms with Crippen LogP contribution in [0.2, 0.25) is 0 Å². The third-order valence-corrected chi connectivity index (χ3v) is 0.841. The molecule has 0 aliphatic heterocycles. The molecule has 0 heterocycles. The first-order chi connectivity index (χ1) is 4.20. The summed E-state index contributed by atoms with van der Waals surface area (Å²) in [6.45, 7) is 4.82. The van der Waals surface area contributed by atoms with Crippen LogP contribution in [0.25, 0.3) is 0 Å². The lowest BCUT2D eigenvalue weighted by atomic mass is 10.2. The highest BCUT2D eigenvalue weighted by molar-refractivity contribution is 5.92. The Balaban J connectivity index is 3.88. The highest BCUT2D eigenvalue weighted by atomic mass is 16.1. The van der Waals surface area contributed by atoms with Gasteiger partial charge in [-0.25, -0.2) is 4.79 Å². The molecule has 0 aromatic heterocycles. The van der Waals surface area contributed by atoms with E-state index in [9.17, 15) is 9.59 Å². The molecule has 0 fully saturated rings. The quantitative estimate of drug-likeness (QED) is 0.414. The predicted octanol–water partition coefficient (Wildman–Crippen LogP) is 0.909. The molecule has 0 amide bonds. The summed E-state index contributed by atoms with van der Waals surface area (Å²) in [4.78, 5) is 20.3. The average molecular weight is 124 g/mol. The highest BCUT2D eigenvalue weighted by Gasteiger charge is 1.95. The molecule has 0 aromatic rings. The van der Waals surface area contributed by atoms with Gasteiger partial charge in [-0.05, 0) is 13.0 Å². The van der Waals surface area contributed by atoms with Gasteiger partial charge in [0.25, 0.3) is 0 Å². The predicted molar refractivity (Wildman–Crippen MR) is 34.7 cm³/mol. The van der Waals surface area contributed by atoms with E-state index in [1.54, 1.807) is 12.9 Å². The molecule has 0 aliphatic rings. The monoisotopic (exact) mass is 124 g/mol. The van der Waals surface area contributed by atoms with E-state index < -0.39 is 0 Å². The van der Waals surface area contributed by atoms with Crippen LogP contribution in [0.15, 0.2) is 18.2 Å². The molecule has 0 saturated carbocycles. The van der Waals surface area contributed by atoms with Crippen LogP contribution < -0.4 is 0 Å². The van der Waals surface area contributed by atoms with Crippen molar-refractivity contribution in [1.29, 1.82) is 0 Å². The van der Waals surface area contributed by atoms with Gasteiger partial charge in [0.15, 0.2) is 5.78 Å². The van der Waals surface area contributed by atoms with Crippen LogP contribution in [0.1, 0.15) is 13.3 Å². The Morgan fingerprint density at radius 3 is 2.67 bits per heavy atom. The minimum atomic E-state index is -0.143. The van der Waals surface area contributed by atoms with E-state index in [0.717, 1.165) is 0 Å². The number of hydrogen-bond donors (Lipinski definition) is 0. The fourth-order valence-electron chi connectivity index (χ4n) is 0.370. The van der Waals surface area contributed by atoms with Gasteiger partial charge in [-0.3, -0.25) is 4.79 Å². The zero-order chi connectivity index (χ0) is 7.28. The Labute approximate surface area is 53.9 Å². The zero-order valence-corrected chi connectivity index (χ0v) is 5.31. The molecule has 0 aromatic carbocycles. The number of carbonyl (C=O) groups excluding carboxylic acids is 2. The van der Waals surface area contributed by atoms with Gasteiger partial charge in [0.1, 0.15) is 5.94 Å². The van der Waals surface area contributed by atoms with Crippen LogP contribution in [-0.4, -0.2) is 11.7 Å². The van der Waals surface area contributed by atoms with E-state index in [-0.39, 0.29) is 12.2 Å². The summed E-state index contributed by atoms with van der Waals surface area (Å²) in [5.41, 5.74) is 0.417. The Morgan fingerprint density at radius 2 is 2.33 bits per heavy atom. The van der Waals surface area contributed by atoms with Gasteiger partial charge < -0.3 is 0 Å². The van der Waals surface area contributed by atoms with Crippen molar-refractivity contribution in [3.63, 3.8) is 0 Å². The molecule has 0 unspecified atom stereocenters. The molecule has 0 radical (unpaired) electrons. The second-order valence-corrected chi connectivity index (χ2v) is 1.73. The molecule has 0 atom stereocenters. The van der Waals surface area contributed by atoms with Gasteiger partial charge in [0.05, 0.1) is 0 Å². The van der Waals surface area contributed by atoms with Crippen molar-refractivity contribution in [3.8, 4) is 0 Å². The van der Waals surface area contributed by atoms with Crippen LogP contribution in [-0.2, 0) is 9.59 Å². The molecule has 0 N–H and O–H groups in total. The van der Waals surface area contributed by atoms with E-state index in [4.69, 9.17) is 0 Å². The number of ketones is 1. The van der Waals surface area contributed by atoms with Gasteiger partial charge in [-0.15, -0.1) is 0 Å². The van der Waals surface area contributed by atoms with E-state index in [1.807, 2.05) is 0 Å². The third-order valence-electron chi connectivity index (χ3n) is 0.841. The second-order valence-electron chi connectivity index (χ2n) is 1.73. The topological polar surface area (TPSA) is 34.1 Å².